The van der Waals surface area contributed by atoms with Gasteiger partial charge in [-0.05, 0) is 51.5 Å². The van der Waals surface area contributed by atoms with Crippen LogP contribution in [-0.4, -0.2) is 18.0 Å². The van der Waals surface area contributed by atoms with E-state index in [0.717, 1.165) is 19.3 Å². The quantitative estimate of drug-likeness (QED) is 0.873. The predicted octanol–water partition coefficient (Wildman–Crippen LogP) is 3.48. The number of hydrogen-bond donors (Lipinski definition) is 2. The van der Waals surface area contributed by atoms with Gasteiger partial charge in [-0.2, -0.15) is 0 Å². The summed E-state index contributed by atoms with van der Waals surface area (Å²) in [4.78, 5) is 13.5. The van der Waals surface area contributed by atoms with Crippen LogP contribution >= 0.6 is 11.3 Å². The minimum Gasteiger partial charge on any atom is -0.354 e. The van der Waals surface area contributed by atoms with E-state index in [2.05, 4.69) is 35.1 Å². The van der Waals surface area contributed by atoms with Crippen LogP contribution in [0.3, 0.4) is 0 Å². The summed E-state index contributed by atoms with van der Waals surface area (Å²) in [6, 6.07) is 5.35. The van der Waals surface area contributed by atoms with Gasteiger partial charge in [0.25, 0.3) is 0 Å². The van der Waals surface area contributed by atoms with Gasteiger partial charge < -0.3 is 10.6 Å². The van der Waals surface area contributed by atoms with Crippen molar-refractivity contribution in [1.82, 2.24) is 10.6 Å². The molecule has 0 bridgehead atoms. The number of rotatable bonds is 5. The van der Waals surface area contributed by atoms with Gasteiger partial charge in [0.1, 0.15) is 0 Å². The molecule has 1 amide bonds. The van der Waals surface area contributed by atoms with Gasteiger partial charge in [0.05, 0.1) is 0 Å². The van der Waals surface area contributed by atoms with Crippen molar-refractivity contribution in [2.75, 3.05) is 0 Å². The molecule has 0 spiro atoms. The Labute approximate surface area is 126 Å². The van der Waals surface area contributed by atoms with Crippen LogP contribution in [-0.2, 0) is 4.79 Å². The normalized spacial score (nSPS) is 24.6. The van der Waals surface area contributed by atoms with Gasteiger partial charge in [-0.15, -0.1) is 11.3 Å². The molecule has 1 fully saturated rings. The molecule has 1 heterocycles. The van der Waals surface area contributed by atoms with Crippen LogP contribution in [0.1, 0.15) is 57.4 Å². The summed E-state index contributed by atoms with van der Waals surface area (Å²) >= 11 is 1.79. The number of carbonyl (C=O) groups excluding carboxylic acids is 1. The number of nitrogens with one attached hydrogen (secondary N) is 2. The first kappa shape index (κ1) is 15.5. The minimum absolute atomic E-state index is 0.180. The molecule has 1 saturated carbocycles. The highest BCUT2D eigenvalue weighted by Crippen LogP contribution is 2.27. The lowest BCUT2D eigenvalue weighted by molar-refractivity contribution is -0.126. The monoisotopic (exact) mass is 294 g/mol. The number of amides is 1. The predicted molar refractivity (Wildman–Crippen MR) is 84.9 cm³/mol. The molecule has 2 rings (SSSR count). The third-order valence-corrected chi connectivity index (χ3v) is 4.99. The Bertz CT molecular complexity index is 416. The van der Waals surface area contributed by atoms with Crippen molar-refractivity contribution in [1.29, 1.82) is 0 Å². The molecule has 3 atom stereocenters. The van der Waals surface area contributed by atoms with Crippen molar-refractivity contribution in [3.63, 3.8) is 0 Å². The zero-order chi connectivity index (χ0) is 14.5. The second-order valence-electron chi connectivity index (χ2n) is 6.13. The summed E-state index contributed by atoms with van der Waals surface area (Å²) < 4.78 is 0. The Morgan fingerprint density at radius 2 is 2.15 bits per heavy atom. The van der Waals surface area contributed by atoms with E-state index in [1.54, 1.807) is 11.3 Å². The highest BCUT2D eigenvalue weighted by Gasteiger charge is 2.28. The smallest absolute Gasteiger partial charge is 0.223 e. The highest BCUT2D eigenvalue weighted by atomic mass is 32.1. The van der Waals surface area contributed by atoms with Gasteiger partial charge in [-0.25, -0.2) is 0 Å². The minimum atomic E-state index is 0.180. The van der Waals surface area contributed by atoms with Crippen LogP contribution < -0.4 is 10.6 Å². The first-order valence-corrected chi connectivity index (χ1v) is 8.54. The van der Waals surface area contributed by atoms with Crippen molar-refractivity contribution < 1.29 is 4.79 Å². The van der Waals surface area contributed by atoms with Crippen molar-refractivity contribution in [3.8, 4) is 0 Å². The van der Waals surface area contributed by atoms with E-state index < -0.39 is 0 Å². The lowest BCUT2D eigenvalue weighted by atomic mass is 9.84. The number of thiophene rings is 1. The number of carbonyl (C=O) groups is 1. The van der Waals surface area contributed by atoms with E-state index in [1.165, 1.54) is 11.3 Å². The maximum Gasteiger partial charge on any atom is 0.223 e. The molecule has 4 heteroatoms. The molecule has 0 radical (unpaired) electrons. The van der Waals surface area contributed by atoms with E-state index in [9.17, 15) is 4.79 Å². The molecule has 112 valence electrons. The fraction of sp³-hybridized carbons (Fsp3) is 0.688. The summed E-state index contributed by atoms with van der Waals surface area (Å²) in [5.41, 5.74) is 0. The average molecular weight is 294 g/mol. The largest absolute Gasteiger partial charge is 0.354 e. The van der Waals surface area contributed by atoms with E-state index in [0.29, 0.717) is 12.1 Å². The molecule has 1 aliphatic rings. The molecular weight excluding hydrogens is 268 g/mol. The molecule has 1 aromatic rings. The van der Waals surface area contributed by atoms with Gasteiger partial charge >= 0.3 is 0 Å². The first-order chi connectivity index (χ1) is 9.56. The molecule has 2 N–H and O–H groups in total. The lowest BCUT2D eigenvalue weighted by Crippen LogP contribution is -2.42. The average Bonchev–Trinajstić information content (AvgIpc) is 2.92. The van der Waals surface area contributed by atoms with E-state index in [-0.39, 0.29) is 17.9 Å². The fourth-order valence-corrected chi connectivity index (χ4v) is 3.70. The van der Waals surface area contributed by atoms with Gasteiger partial charge in [0.15, 0.2) is 0 Å². The molecular formula is C16H26N2OS. The van der Waals surface area contributed by atoms with Crippen molar-refractivity contribution in [2.45, 2.75) is 64.6 Å². The van der Waals surface area contributed by atoms with Crippen molar-refractivity contribution in [3.05, 3.63) is 22.4 Å². The molecule has 0 aliphatic heterocycles. The third-order valence-electron chi connectivity index (χ3n) is 3.93. The molecule has 0 saturated heterocycles. The summed E-state index contributed by atoms with van der Waals surface area (Å²) in [7, 11) is 0. The molecule has 0 aromatic carbocycles. The van der Waals surface area contributed by atoms with Crippen molar-refractivity contribution in [2.24, 2.45) is 5.92 Å². The fourth-order valence-electron chi connectivity index (χ4n) is 2.96. The second kappa shape index (κ2) is 7.23. The number of hydrogen-bond acceptors (Lipinski definition) is 3. The summed E-state index contributed by atoms with van der Waals surface area (Å²) in [6.07, 6.45) is 4.32. The maximum absolute atomic E-state index is 12.1. The van der Waals surface area contributed by atoms with Crippen LogP contribution in [0.2, 0.25) is 0 Å². The molecule has 20 heavy (non-hydrogen) atoms. The Morgan fingerprint density at radius 3 is 2.80 bits per heavy atom. The van der Waals surface area contributed by atoms with Crippen molar-refractivity contribution >= 4 is 17.2 Å². The highest BCUT2D eigenvalue weighted by molar-refractivity contribution is 7.10. The Balaban J connectivity index is 1.85. The molecule has 3 nitrogen and oxygen atoms in total. The van der Waals surface area contributed by atoms with E-state index in [4.69, 9.17) is 0 Å². The summed E-state index contributed by atoms with van der Waals surface area (Å²) in [5.74, 6) is 0.412. The lowest BCUT2D eigenvalue weighted by Gasteiger charge is -2.31. The SMILES string of the molecule is CC(C)NC(=O)[C@@H]1CCC[C@@H](N[C@H](C)c2cccs2)C1. The summed E-state index contributed by atoms with van der Waals surface area (Å²) in [5, 5.41) is 8.86. The van der Waals surface area contributed by atoms with Gasteiger partial charge in [-0.3, -0.25) is 4.79 Å². The van der Waals surface area contributed by atoms with Crippen LogP contribution in [0.5, 0.6) is 0 Å². The maximum atomic E-state index is 12.1. The third kappa shape index (κ3) is 4.32. The topological polar surface area (TPSA) is 41.1 Å². The van der Waals surface area contributed by atoms with Gasteiger partial charge in [0.2, 0.25) is 5.91 Å². The van der Waals surface area contributed by atoms with Gasteiger partial charge in [-0.1, -0.05) is 12.5 Å². The standard InChI is InChI=1S/C16H26N2OS/c1-11(2)17-16(19)13-6-4-7-14(10-13)18-12(3)15-8-5-9-20-15/h5,8-9,11-14,18H,4,6-7,10H2,1-3H3,(H,17,19)/t12-,13-,14-/m1/s1. The Morgan fingerprint density at radius 1 is 1.35 bits per heavy atom. The van der Waals surface area contributed by atoms with Crippen LogP contribution in [0.15, 0.2) is 17.5 Å². The van der Waals surface area contributed by atoms with E-state index in [1.807, 2.05) is 13.8 Å². The zero-order valence-corrected chi connectivity index (χ0v) is 13.5. The first-order valence-electron chi connectivity index (χ1n) is 7.66. The zero-order valence-electron chi connectivity index (χ0n) is 12.7. The molecule has 1 aromatic heterocycles. The summed E-state index contributed by atoms with van der Waals surface area (Å²) in [6.45, 7) is 6.26. The molecule has 1 aliphatic carbocycles. The Kier molecular flexibility index (Phi) is 5.61. The van der Waals surface area contributed by atoms with Crippen LogP contribution in [0.4, 0.5) is 0 Å². The van der Waals surface area contributed by atoms with E-state index >= 15 is 0 Å². The Hall–Kier alpha value is -0.870. The van der Waals surface area contributed by atoms with Gasteiger partial charge in [0, 0.05) is 28.9 Å². The second-order valence-corrected chi connectivity index (χ2v) is 7.11. The van der Waals surface area contributed by atoms with Crippen LogP contribution in [0, 0.1) is 5.92 Å². The van der Waals surface area contributed by atoms with Crippen LogP contribution in [0.25, 0.3) is 0 Å². The molecule has 0 unspecified atom stereocenters.